The summed E-state index contributed by atoms with van der Waals surface area (Å²) in [4.78, 5) is 14.7. The molecule has 0 heterocycles. The zero-order valence-electron chi connectivity index (χ0n) is 13.7. The van der Waals surface area contributed by atoms with Crippen LogP contribution in [0.25, 0.3) is 0 Å². The van der Waals surface area contributed by atoms with Crippen molar-refractivity contribution in [1.82, 2.24) is 4.90 Å². The number of hydrogen-bond donors (Lipinski definition) is 1. The number of nitrogens with two attached hydrogens (primary N) is 1. The predicted molar refractivity (Wildman–Crippen MR) is 83.3 cm³/mol. The van der Waals surface area contributed by atoms with Crippen LogP contribution in [0.3, 0.4) is 0 Å². The third kappa shape index (κ3) is 3.55. The van der Waals surface area contributed by atoms with Gasteiger partial charge in [0.05, 0.1) is 0 Å². The average molecular weight is 280 g/mol. The minimum absolute atomic E-state index is 0.168. The first-order chi connectivity index (χ1) is 9.30. The van der Waals surface area contributed by atoms with E-state index in [1.807, 2.05) is 11.9 Å². The molecular weight excluding hydrogens is 248 g/mol. The van der Waals surface area contributed by atoms with Gasteiger partial charge in [-0.3, -0.25) is 4.79 Å². The van der Waals surface area contributed by atoms with Crippen LogP contribution >= 0.6 is 0 Å². The lowest BCUT2D eigenvalue weighted by atomic mass is 9.74. The molecule has 3 unspecified atom stereocenters. The van der Waals surface area contributed by atoms with Crippen molar-refractivity contribution in [3.63, 3.8) is 0 Å². The Labute approximate surface area is 124 Å². The molecule has 0 aliphatic heterocycles. The lowest BCUT2D eigenvalue weighted by Crippen LogP contribution is -2.46. The van der Waals surface area contributed by atoms with Crippen LogP contribution in [-0.2, 0) is 4.79 Å². The molecule has 0 spiro atoms. The van der Waals surface area contributed by atoms with E-state index in [9.17, 15) is 4.79 Å². The summed E-state index contributed by atoms with van der Waals surface area (Å²) in [7, 11) is 2.01. The van der Waals surface area contributed by atoms with E-state index < -0.39 is 0 Å². The molecule has 0 radical (unpaired) electrons. The summed E-state index contributed by atoms with van der Waals surface area (Å²) >= 11 is 0. The van der Waals surface area contributed by atoms with E-state index in [2.05, 4.69) is 20.8 Å². The van der Waals surface area contributed by atoms with Gasteiger partial charge in [-0.1, -0.05) is 20.8 Å². The minimum Gasteiger partial charge on any atom is -0.343 e. The molecule has 0 saturated heterocycles. The van der Waals surface area contributed by atoms with Crippen LogP contribution in [0.4, 0.5) is 0 Å². The van der Waals surface area contributed by atoms with Gasteiger partial charge in [-0.15, -0.1) is 0 Å². The molecule has 2 aliphatic carbocycles. The standard InChI is InChI=1S/C17H32N2O/c1-12-5-6-13(11-15(12)18)16(20)19(4)14-7-9-17(2,3)10-8-14/h12-15H,5-11,18H2,1-4H3. The second kappa shape index (κ2) is 6.05. The van der Waals surface area contributed by atoms with Gasteiger partial charge in [-0.2, -0.15) is 0 Å². The minimum atomic E-state index is 0.168. The van der Waals surface area contributed by atoms with Gasteiger partial charge in [0.2, 0.25) is 5.91 Å². The van der Waals surface area contributed by atoms with Crippen LogP contribution in [0.1, 0.15) is 65.7 Å². The Morgan fingerprint density at radius 2 is 1.75 bits per heavy atom. The van der Waals surface area contributed by atoms with E-state index in [4.69, 9.17) is 5.73 Å². The summed E-state index contributed by atoms with van der Waals surface area (Å²) in [6.45, 7) is 6.89. The van der Waals surface area contributed by atoms with Crippen LogP contribution < -0.4 is 5.73 Å². The number of nitrogens with zero attached hydrogens (tertiary/aromatic N) is 1. The molecule has 2 saturated carbocycles. The highest BCUT2D eigenvalue weighted by atomic mass is 16.2. The Morgan fingerprint density at radius 1 is 1.15 bits per heavy atom. The quantitative estimate of drug-likeness (QED) is 0.844. The van der Waals surface area contributed by atoms with Crippen LogP contribution in [-0.4, -0.2) is 29.9 Å². The molecule has 20 heavy (non-hydrogen) atoms. The van der Waals surface area contributed by atoms with Crippen molar-refractivity contribution in [2.75, 3.05) is 7.05 Å². The van der Waals surface area contributed by atoms with E-state index in [1.165, 1.54) is 12.8 Å². The highest BCUT2D eigenvalue weighted by molar-refractivity contribution is 5.79. The first-order valence-electron chi connectivity index (χ1n) is 8.32. The first kappa shape index (κ1) is 15.8. The van der Waals surface area contributed by atoms with E-state index in [0.717, 1.165) is 32.1 Å². The Morgan fingerprint density at radius 3 is 2.30 bits per heavy atom. The molecule has 1 amide bonds. The highest BCUT2D eigenvalue weighted by Gasteiger charge is 2.35. The number of carbonyl (C=O) groups excluding carboxylic acids is 1. The molecular formula is C17H32N2O. The highest BCUT2D eigenvalue weighted by Crippen LogP contribution is 2.37. The third-order valence-electron chi connectivity index (χ3n) is 5.81. The van der Waals surface area contributed by atoms with Crippen molar-refractivity contribution in [3.8, 4) is 0 Å². The number of hydrogen-bond acceptors (Lipinski definition) is 2. The van der Waals surface area contributed by atoms with Gasteiger partial charge >= 0.3 is 0 Å². The van der Waals surface area contributed by atoms with Crippen LogP contribution in [0, 0.1) is 17.3 Å². The van der Waals surface area contributed by atoms with Crippen LogP contribution in [0.5, 0.6) is 0 Å². The van der Waals surface area contributed by atoms with Crippen LogP contribution in [0.15, 0.2) is 0 Å². The fourth-order valence-electron chi connectivity index (χ4n) is 3.82. The molecule has 2 fully saturated rings. The summed E-state index contributed by atoms with van der Waals surface area (Å²) in [6, 6.07) is 0.655. The zero-order valence-corrected chi connectivity index (χ0v) is 13.7. The lowest BCUT2D eigenvalue weighted by Gasteiger charge is -2.41. The van der Waals surface area contributed by atoms with Gasteiger partial charge in [0.25, 0.3) is 0 Å². The van der Waals surface area contributed by atoms with Gasteiger partial charge in [-0.25, -0.2) is 0 Å². The van der Waals surface area contributed by atoms with Crippen molar-refractivity contribution in [2.24, 2.45) is 23.0 Å². The zero-order chi connectivity index (χ0) is 14.9. The summed E-state index contributed by atoms with van der Waals surface area (Å²) in [5.41, 5.74) is 6.61. The maximum absolute atomic E-state index is 12.7. The third-order valence-corrected chi connectivity index (χ3v) is 5.81. The van der Waals surface area contributed by atoms with Crippen molar-refractivity contribution in [1.29, 1.82) is 0 Å². The van der Waals surface area contributed by atoms with E-state index >= 15 is 0 Å². The topological polar surface area (TPSA) is 46.3 Å². The lowest BCUT2D eigenvalue weighted by molar-refractivity contribution is -0.138. The molecule has 2 rings (SSSR count). The summed E-state index contributed by atoms with van der Waals surface area (Å²) in [5.74, 6) is 1.08. The molecule has 0 aromatic rings. The molecule has 2 aliphatic rings. The molecule has 0 aromatic heterocycles. The van der Waals surface area contributed by atoms with Crippen LogP contribution in [0.2, 0.25) is 0 Å². The Hall–Kier alpha value is -0.570. The van der Waals surface area contributed by atoms with E-state index in [1.54, 1.807) is 0 Å². The second-order valence-corrected chi connectivity index (χ2v) is 8.00. The second-order valence-electron chi connectivity index (χ2n) is 8.00. The summed E-state index contributed by atoms with van der Waals surface area (Å²) < 4.78 is 0. The van der Waals surface area contributed by atoms with Crippen molar-refractivity contribution in [3.05, 3.63) is 0 Å². The molecule has 0 bridgehead atoms. The molecule has 3 atom stereocenters. The fraction of sp³-hybridized carbons (Fsp3) is 0.941. The number of carbonyl (C=O) groups is 1. The smallest absolute Gasteiger partial charge is 0.225 e. The molecule has 3 heteroatoms. The maximum atomic E-state index is 12.7. The Bertz CT molecular complexity index is 343. The summed E-state index contributed by atoms with van der Waals surface area (Å²) in [5, 5.41) is 0. The first-order valence-corrected chi connectivity index (χ1v) is 8.32. The molecule has 3 nitrogen and oxygen atoms in total. The molecule has 2 N–H and O–H groups in total. The van der Waals surface area contributed by atoms with Gasteiger partial charge in [-0.05, 0) is 56.3 Å². The van der Waals surface area contributed by atoms with Gasteiger partial charge in [0.1, 0.15) is 0 Å². The Balaban J connectivity index is 1.89. The average Bonchev–Trinajstić information content (AvgIpc) is 2.40. The van der Waals surface area contributed by atoms with Gasteiger partial charge in [0.15, 0.2) is 0 Å². The predicted octanol–water partition coefficient (Wildman–Crippen LogP) is 3.18. The molecule has 116 valence electrons. The van der Waals surface area contributed by atoms with Crippen molar-refractivity contribution < 1.29 is 4.79 Å². The van der Waals surface area contributed by atoms with Crippen molar-refractivity contribution in [2.45, 2.75) is 77.8 Å². The van der Waals surface area contributed by atoms with Gasteiger partial charge in [0, 0.05) is 25.0 Å². The van der Waals surface area contributed by atoms with E-state index in [-0.39, 0.29) is 12.0 Å². The largest absolute Gasteiger partial charge is 0.343 e. The van der Waals surface area contributed by atoms with Gasteiger partial charge < -0.3 is 10.6 Å². The summed E-state index contributed by atoms with van der Waals surface area (Å²) in [6.07, 6.45) is 7.78. The normalized spacial score (nSPS) is 34.8. The Kier molecular flexibility index (Phi) is 4.78. The maximum Gasteiger partial charge on any atom is 0.225 e. The SMILES string of the molecule is CC1CCC(C(=O)N(C)C2CCC(C)(C)CC2)CC1N. The number of rotatable bonds is 2. The fourth-order valence-corrected chi connectivity index (χ4v) is 3.82. The monoisotopic (exact) mass is 280 g/mol. The molecule has 0 aromatic carbocycles. The van der Waals surface area contributed by atoms with Crippen molar-refractivity contribution >= 4 is 5.91 Å². The van der Waals surface area contributed by atoms with E-state index in [0.29, 0.717) is 23.3 Å². The number of amides is 1.